The van der Waals surface area contributed by atoms with Crippen LogP contribution < -0.4 is 4.74 Å². The number of ether oxygens (including phenoxy) is 2. The first-order valence-electron chi connectivity index (χ1n) is 5.40. The van der Waals surface area contributed by atoms with E-state index in [2.05, 4.69) is 11.9 Å². The molecule has 0 spiro atoms. The molecule has 3 heterocycles. The Hall–Kier alpha value is -1.55. The van der Waals surface area contributed by atoms with Crippen molar-refractivity contribution in [2.75, 3.05) is 19.8 Å². The zero-order valence-corrected chi connectivity index (χ0v) is 9.22. The molecule has 2 aromatic rings. The molecular formula is C12H14N2O2. The van der Waals surface area contributed by atoms with Crippen molar-refractivity contribution in [3.05, 3.63) is 30.6 Å². The van der Waals surface area contributed by atoms with Crippen molar-refractivity contribution in [2.45, 2.75) is 6.92 Å². The Morgan fingerprint density at radius 3 is 3.06 bits per heavy atom. The van der Waals surface area contributed by atoms with Gasteiger partial charge in [0.15, 0.2) is 0 Å². The van der Waals surface area contributed by atoms with Gasteiger partial charge in [-0.05, 0) is 12.1 Å². The van der Waals surface area contributed by atoms with Gasteiger partial charge in [-0.2, -0.15) is 4.98 Å². The van der Waals surface area contributed by atoms with E-state index in [0.29, 0.717) is 12.5 Å². The fraction of sp³-hybridized carbons (Fsp3) is 0.417. The van der Waals surface area contributed by atoms with Crippen LogP contribution in [0.3, 0.4) is 0 Å². The molecular weight excluding hydrogens is 204 g/mol. The summed E-state index contributed by atoms with van der Waals surface area (Å²) in [6.45, 7) is 4.38. The van der Waals surface area contributed by atoms with Gasteiger partial charge in [-0.3, -0.25) is 0 Å². The number of rotatable bonds is 3. The molecule has 0 unspecified atom stereocenters. The van der Waals surface area contributed by atoms with Crippen LogP contribution in [-0.4, -0.2) is 29.2 Å². The van der Waals surface area contributed by atoms with Crippen molar-refractivity contribution in [2.24, 2.45) is 5.41 Å². The zero-order valence-electron chi connectivity index (χ0n) is 9.22. The molecule has 16 heavy (non-hydrogen) atoms. The highest BCUT2D eigenvalue weighted by Crippen LogP contribution is 2.27. The third-order valence-corrected chi connectivity index (χ3v) is 2.81. The van der Waals surface area contributed by atoms with Gasteiger partial charge in [0.2, 0.25) is 5.88 Å². The fourth-order valence-electron chi connectivity index (χ4n) is 1.76. The number of hydrogen-bond donors (Lipinski definition) is 0. The fourth-order valence-corrected chi connectivity index (χ4v) is 1.76. The van der Waals surface area contributed by atoms with Gasteiger partial charge in [0, 0.05) is 11.6 Å². The van der Waals surface area contributed by atoms with Crippen LogP contribution in [0.2, 0.25) is 0 Å². The Morgan fingerprint density at radius 2 is 2.38 bits per heavy atom. The number of aromatic nitrogens is 2. The van der Waals surface area contributed by atoms with E-state index in [1.807, 2.05) is 35.0 Å². The molecule has 0 aliphatic carbocycles. The summed E-state index contributed by atoms with van der Waals surface area (Å²) in [6.07, 6.45) is 3.86. The molecule has 1 aliphatic rings. The molecule has 1 aliphatic heterocycles. The van der Waals surface area contributed by atoms with Crippen molar-refractivity contribution in [1.29, 1.82) is 0 Å². The third kappa shape index (κ3) is 1.65. The van der Waals surface area contributed by atoms with Crippen LogP contribution in [-0.2, 0) is 4.74 Å². The minimum Gasteiger partial charge on any atom is -0.476 e. The van der Waals surface area contributed by atoms with Crippen LogP contribution in [0.5, 0.6) is 5.88 Å². The number of pyridine rings is 1. The number of imidazole rings is 1. The smallest absolute Gasteiger partial charge is 0.232 e. The maximum absolute atomic E-state index is 5.69. The summed E-state index contributed by atoms with van der Waals surface area (Å²) in [7, 11) is 0. The van der Waals surface area contributed by atoms with Gasteiger partial charge in [-0.1, -0.05) is 13.0 Å². The SMILES string of the molecule is CC1(COc2cn3ccccc3n2)COC1. The Balaban J connectivity index is 1.74. The molecule has 4 nitrogen and oxygen atoms in total. The van der Waals surface area contributed by atoms with E-state index in [-0.39, 0.29) is 5.41 Å². The molecule has 0 aromatic carbocycles. The number of hydrogen-bond acceptors (Lipinski definition) is 3. The molecule has 0 atom stereocenters. The van der Waals surface area contributed by atoms with E-state index in [9.17, 15) is 0 Å². The number of fused-ring (bicyclic) bond motifs is 1. The second kappa shape index (κ2) is 3.49. The van der Waals surface area contributed by atoms with Gasteiger partial charge in [-0.15, -0.1) is 0 Å². The predicted octanol–water partition coefficient (Wildman–Crippen LogP) is 1.75. The molecule has 0 amide bonds. The lowest BCUT2D eigenvalue weighted by molar-refractivity contribution is -0.120. The Morgan fingerprint density at radius 1 is 1.50 bits per heavy atom. The van der Waals surface area contributed by atoms with Gasteiger partial charge < -0.3 is 13.9 Å². The summed E-state index contributed by atoms with van der Waals surface area (Å²) in [6, 6.07) is 5.90. The second-order valence-corrected chi connectivity index (χ2v) is 4.64. The lowest BCUT2D eigenvalue weighted by Crippen LogP contribution is -2.44. The van der Waals surface area contributed by atoms with Gasteiger partial charge in [0.25, 0.3) is 0 Å². The Kier molecular flexibility index (Phi) is 2.11. The van der Waals surface area contributed by atoms with E-state index in [1.54, 1.807) is 0 Å². The molecule has 84 valence electrons. The minimum atomic E-state index is 0.163. The summed E-state index contributed by atoms with van der Waals surface area (Å²) < 4.78 is 12.8. The third-order valence-electron chi connectivity index (χ3n) is 2.81. The maximum Gasteiger partial charge on any atom is 0.232 e. The van der Waals surface area contributed by atoms with Gasteiger partial charge in [0.05, 0.1) is 26.0 Å². The summed E-state index contributed by atoms with van der Waals surface area (Å²) >= 11 is 0. The first kappa shape index (κ1) is 9.66. The maximum atomic E-state index is 5.69. The largest absolute Gasteiger partial charge is 0.476 e. The van der Waals surface area contributed by atoms with Crippen LogP contribution in [0.25, 0.3) is 5.65 Å². The van der Waals surface area contributed by atoms with E-state index >= 15 is 0 Å². The monoisotopic (exact) mass is 218 g/mol. The molecule has 1 fully saturated rings. The molecule has 0 bridgehead atoms. The van der Waals surface area contributed by atoms with Crippen LogP contribution >= 0.6 is 0 Å². The molecule has 0 N–H and O–H groups in total. The average molecular weight is 218 g/mol. The Labute approximate surface area is 93.8 Å². The lowest BCUT2D eigenvalue weighted by atomic mass is 9.90. The van der Waals surface area contributed by atoms with E-state index in [0.717, 1.165) is 18.9 Å². The number of nitrogens with zero attached hydrogens (tertiary/aromatic N) is 2. The van der Waals surface area contributed by atoms with Crippen LogP contribution in [0, 0.1) is 5.41 Å². The van der Waals surface area contributed by atoms with Crippen molar-refractivity contribution >= 4 is 5.65 Å². The van der Waals surface area contributed by atoms with E-state index < -0.39 is 0 Å². The molecule has 2 aromatic heterocycles. The van der Waals surface area contributed by atoms with Crippen molar-refractivity contribution in [3.8, 4) is 5.88 Å². The first-order valence-corrected chi connectivity index (χ1v) is 5.40. The molecule has 4 heteroatoms. The van der Waals surface area contributed by atoms with Crippen LogP contribution in [0.15, 0.2) is 30.6 Å². The molecule has 1 saturated heterocycles. The summed E-state index contributed by atoms with van der Waals surface area (Å²) in [5.74, 6) is 0.680. The van der Waals surface area contributed by atoms with Crippen LogP contribution in [0.1, 0.15) is 6.92 Å². The van der Waals surface area contributed by atoms with Crippen molar-refractivity contribution < 1.29 is 9.47 Å². The van der Waals surface area contributed by atoms with Gasteiger partial charge >= 0.3 is 0 Å². The van der Waals surface area contributed by atoms with Gasteiger partial charge in [-0.25, -0.2) is 0 Å². The predicted molar refractivity (Wildman–Crippen MR) is 59.6 cm³/mol. The van der Waals surface area contributed by atoms with E-state index in [4.69, 9.17) is 9.47 Å². The zero-order chi connectivity index (χ0) is 11.0. The molecule has 0 radical (unpaired) electrons. The lowest BCUT2D eigenvalue weighted by Gasteiger charge is -2.37. The first-order chi connectivity index (χ1) is 7.75. The second-order valence-electron chi connectivity index (χ2n) is 4.64. The molecule has 3 rings (SSSR count). The topological polar surface area (TPSA) is 35.8 Å². The van der Waals surface area contributed by atoms with E-state index in [1.165, 1.54) is 0 Å². The van der Waals surface area contributed by atoms with Gasteiger partial charge in [0.1, 0.15) is 5.65 Å². The van der Waals surface area contributed by atoms with Crippen molar-refractivity contribution in [1.82, 2.24) is 9.38 Å². The quantitative estimate of drug-likeness (QED) is 0.787. The highest BCUT2D eigenvalue weighted by molar-refractivity contribution is 5.41. The molecule has 0 saturated carbocycles. The Bertz CT molecular complexity index is 469. The normalized spacial score (nSPS) is 18.3. The minimum absolute atomic E-state index is 0.163. The summed E-state index contributed by atoms with van der Waals surface area (Å²) in [5.41, 5.74) is 1.07. The standard InChI is InChI=1S/C12H14N2O2/c1-12(7-15-8-12)9-16-11-6-14-5-3-2-4-10(14)13-11/h2-6H,7-9H2,1H3. The van der Waals surface area contributed by atoms with Crippen molar-refractivity contribution in [3.63, 3.8) is 0 Å². The average Bonchev–Trinajstić information content (AvgIpc) is 2.66. The van der Waals surface area contributed by atoms with Crippen LogP contribution in [0.4, 0.5) is 0 Å². The highest BCUT2D eigenvalue weighted by atomic mass is 16.5. The summed E-state index contributed by atoms with van der Waals surface area (Å²) in [5, 5.41) is 0. The summed E-state index contributed by atoms with van der Waals surface area (Å²) in [4.78, 5) is 4.37. The highest BCUT2D eigenvalue weighted by Gasteiger charge is 2.34.